The van der Waals surface area contributed by atoms with E-state index in [0.717, 1.165) is 12.1 Å². The summed E-state index contributed by atoms with van der Waals surface area (Å²) in [7, 11) is -3.46. The summed E-state index contributed by atoms with van der Waals surface area (Å²) in [5.74, 6) is -0.0721. The minimum Gasteiger partial charge on any atom is -0.326 e. The predicted octanol–water partition coefficient (Wildman–Crippen LogP) is 3.20. The minimum atomic E-state index is -3.46. The van der Waals surface area contributed by atoms with Crippen LogP contribution in [0.1, 0.15) is 44.8 Å². The van der Waals surface area contributed by atoms with E-state index in [1.54, 1.807) is 13.0 Å². The highest BCUT2D eigenvalue weighted by Crippen LogP contribution is 2.29. The van der Waals surface area contributed by atoms with Gasteiger partial charge in [-0.1, -0.05) is 25.2 Å². The molecule has 1 saturated heterocycles. The Kier molecular flexibility index (Phi) is 6.80. The normalized spacial score (nSPS) is 20.5. The SMILES string of the molecule is CCC(=S)S(=O)(=O)N1CCN(Cc2cncn2C(C)C2=CC=C(F)CC2)CC1. The molecule has 2 aliphatic rings. The van der Waals surface area contributed by atoms with Crippen LogP contribution in [0, 0.1) is 0 Å². The van der Waals surface area contributed by atoms with Gasteiger partial charge in [0.2, 0.25) is 10.0 Å². The third-order valence-electron chi connectivity index (χ3n) is 5.46. The summed E-state index contributed by atoms with van der Waals surface area (Å²) in [5, 5.41) is 0. The van der Waals surface area contributed by atoms with Crippen molar-refractivity contribution in [3.8, 4) is 0 Å². The molecule has 0 spiro atoms. The highest BCUT2D eigenvalue weighted by molar-refractivity contribution is 8.15. The zero-order chi connectivity index (χ0) is 20.3. The van der Waals surface area contributed by atoms with Crippen molar-refractivity contribution >= 4 is 26.4 Å². The van der Waals surface area contributed by atoms with Gasteiger partial charge in [-0.05, 0) is 31.4 Å². The Hall–Kier alpha value is -1.42. The number of nitrogens with zero attached hydrogens (tertiary/aromatic N) is 4. The maximum atomic E-state index is 13.3. The van der Waals surface area contributed by atoms with Crippen LogP contribution in [0.2, 0.25) is 0 Å². The summed E-state index contributed by atoms with van der Waals surface area (Å²) < 4.78 is 41.8. The lowest BCUT2D eigenvalue weighted by Gasteiger charge is -2.34. The smallest absolute Gasteiger partial charge is 0.249 e. The van der Waals surface area contributed by atoms with Crippen LogP contribution < -0.4 is 0 Å². The van der Waals surface area contributed by atoms with E-state index in [1.165, 1.54) is 9.88 Å². The molecule has 1 unspecified atom stereocenters. The number of rotatable bonds is 6. The number of thiocarbonyl (C=S) groups is 1. The molecule has 2 heterocycles. The Bertz CT molecular complexity index is 883. The third-order valence-corrected chi connectivity index (χ3v) is 8.29. The zero-order valence-corrected chi connectivity index (χ0v) is 18.0. The molecule has 1 aliphatic carbocycles. The van der Waals surface area contributed by atoms with Crippen molar-refractivity contribution in [3.63, 3.8) is 0 Å². The molecule has 0 bridgehead atoms. The van der Waals surface area contributed by atoms with Gasteiger partial charge in [-0.15, -0.1) is 0 Å². The van der Waals surface area contributed by atoms with Gasteiger partial charge in [-0.3, -0.25) is 4.90 Å². The molecule has 0 aromatic carbocycles. The van der Waals surface area contributed by atoms with E-state index < -0.39 is 10.0 Å². The second kappa shape index (κ2) is 8.94. The first kappa shape index (κ1) is 21.3. The predicted molar refractivity (Wildman–Crippen MR) is 112 cm³/mol. The molecular weight excluding hydrogens is 399 g/mol. The van der Waals surface area contributed by atoms with E-state index >= 15 is 0 Å². The Balaban J connectivity index is 1.63. The van der Waals surface area contributed by atoms with Crippen molar-refractivity contribution in [2.24, 2.45) is 0 Å². The molecule has 1 fully saturated rings. The molecule has 3 rings (SSSR count). The maximum Gasteiger partial charge on any atom is 0.249 e. The van der Waals surface area contributed by atoms with Crippen LogP contribution in [-0.2, 0) is 16.6 Å². The molecule has 1 atom stereocenters. The van der Waals surface area contributed by atoms with Gasteiger partial charge in [0.25, 0.3) is 0 Å². The van der Waals surface area contributed by atoms with Gasteiger partial charge < -0.3 is 4.57 Å². The Morgan fingerprint density at radius 3 is 2.57 bits per heavy atom. The monoisotopic (exact) mass is 426 g/mol. The number of halogens is 1. The quantitative estimate of drug-likeness (QED) is 0.654. The van der Waals surface area contributed by atoms with Crippen LogP contribution in [0.3, 0.4) is 0 Å². The average molecular weight is 427 g/mol. The summed E-state index contributed by atoms with van der Waals surface area (Å²) in [6, 6.07) is 0.116. The number of piperazine rings is 1. The largest absolute Gasteiger partial charge is 0.326 e. The van der Waals surface area contributed by atoms with E-state index in [1.807, 2.05) is 18.6 Å². The van der Waals surface area contributed by atoms with Crippen molar-refractivity contribution in [1.82, 2.24) is 18.8 Å². The highest BCUT2D eigenvalue weighted by Gasteiger charge is 2.30. The maximum absolute atomic E-state index is 13.3. The summed E-state index contributed by atoms with van der Waals surface area (Å²) in [6.45, 7) is 6.77. The summed E-state index contributed by atoms with van der Waals surface area (Å²) in [6.07, 6.45) is 8.62. The molecule has 154 valence electrons. The fraction of sp³-hybridized carbons (Fsp3) is 0.579. The number of hydrogen-bond donors (Lipinski definition) is 0. The molecular formula is C19H27FN4O2S2. The van der Waals surface area contributed by atoms with Gasteiger partial charge in [-0.2, -0.15) is 4.31 Å². The molecule has 0 saturated carbocycles. The van der Waals surface area contributed by atoms with Gasteiger partial charge in [0.15, 0.2) is 0 Å². The second-order valence-corrected chi connectivity index (χ2v) is 9.94. The Labute approximate surface area is 171 Å². The minimum absolute atomic E-state index is 0.0721. The summed E-state index contributed by atoms with van der Waals surface area (Å²) in [5.41, 5.74) is 2.26. The number of hydrogen-bond acceptors (Lipinski definition) is 5. The zero-order valence-electron chi connectivity index (χ0n) is 16.3. The number of sulfonamides is 1. The first-order chi connectivity index (χ1) is 13.3. The van der Waals surface area contributed by atoms with Crippen LogP contribution in [0.15, 0.2) is 36.1 Å². The lowest BCUT2D eigenvalue weighted by molar-refractivity contribution is 0.179. The standard InChI is InChI=1S/C19H27FN4O2S2/c1-3-19(27)28(25,26)23-10-8-22(9-11-23)13-18-12-21-14-24(18)15(2)16-4-6-17(20)7-5-16/h4,6,12,14-15H,3,5,7-11,13H2,1-2H3. The molecule has 28 heavy (non-hydrogen) atoms. The van der Waals surface area contributed by atoms with Crippen molar-refractivity contribution in [1.29, 1.82) is 0 Å². The van der Waals surface area contributed by atoms with Crippen LogP contribution in [0.25, 0.3) is 0 Å². The molecule has 1 aromatic rings. The van der Waals surface area contributed by atoms with E-state index in [0.29, 0.717) is 45.6 Å². The first-order valence-electron chi connectivity index (χ1n) is 9.64. The molecule has 1 aromatic heterocycles. The molecule has 0 N–H and O–H groups in total. The molecule has 6 nitrogen and oxygen atoms in total. The second-order valence-electron chi connectivity index (χ2n) is 7.23. The third kappa shape index (κ3) is 4.59. The van der Waals surface area contributed by atoms with Crippen molar-refractivity contribution in [2.45, 2.75) is 45.7 Å². The van der Waals surface area contributed by atoms with Crippen molar-refractivity contribution in [2.75, 3.05) is 26.2 Å². The molecule has 1 aliphatic heterocycles. The number of imidazole rings is 1. The Morgan fingerprint density at radius 1 is 1.25 bits per heavy atom. The van der Waals surface area contributed by atoms with Crippen molar-refractivity contribution in [3.05, 3.63) is 41.8 Å². The number of aromatic nitrogens is 2. The van der Waals surface area contributed by atoms with E-state index in [2.05, 4.69) is 21.4 Å². The first-order valence-corrected chi connectivity index (χ1v) is 11.5. The van der Waals surface area contributed by atoms with Crippen LogP contribution in [-0.4, -0.2) is 57.5 Å². The molecule has 0 amide bonds. The average Bonchev–Trinajstić information content (AvgIpc) is 3.15. The Morgan fingerprint density at radius 2 is 1.96 bits per heavy atom. The molecule has 0 radical (unpaired) electrons. The van der Waals surface area contributed by atoms with E-state index in [4.69, 9.17) is 12.2 Å². The van der Waals surface area contributed by atoms with Crippen LogP contribution in [0.4, 0.5) is 4.39 Å². The molecule has 9 heteroatoms. The lowest BCUT2D eigenvalue weighted by atomic mass is 9.98. The topological polar surface area (TPSA) is 58.4 Å². The van der Waals surface area contributed by atoms with E-state index in [-0.39, 0.29) is 16.1 Å². The van der Waals surface area contributed by atoms with Gasteiger partial charge in [0, 0.05) is 45.3 Å². The fourth-order valence-electron chi connectivity index (χ4n) is 3.64. The van der Waals surface area contributed by atoms with Gasteiger partial charge in [-0.25, -0.2) is 17.8 Å². The lowest BCUT2D eigenvalue weighted by Crippen LogP contribution is -2.49. The summed E-state index contributed by atoms with van der Waals surface area (Å²) >= 11 is 5.02. The van der Waals surface area contributed by atoms with Crippen LogP contribution in [0.5, 0.6) is 0 Å². The number of allylic oxidation sites excluding steroid dienone is 4. The summed E-state index contributed by atoms with van der Waals surface area (Å²) in [4.78, 5) is 6.54. The van der Waals surface area contributed by atoms with Gasteiger partial charge >= 0.3 is 0 Å². The highest BCUT2D eigenvalue weighted by atomic mass is 32.2. The van der Waals surface area contributed by atoms with Crippen LogP contribution >= 0.6 is 12.2 Å². The van der Waals surface area contributed by atoms with Gasteiger partial charge in [0.05, 0.1) is 18.1 Å². The van der Waals surface area contributed by atoms with Crippen molar-refractivity contribution < 1.29 is 12.8 Å². The van der Waals surface area contributed by atoms with E-state index in [9.17, 15) is 12.8 Å². The van der Waals surface area contributed by atoms with Gasteiger partial charge in [0.1, 0.15) is 10.0 Å². The fourth-order valence-corrected chi connectivity index (χ4v) is 5.25.